The van der Waals surface area contributed by atoms with Crippen LogP contribution in [0.25, 0.3) is 0 Å². The Bertz CT molecular complexity index is 1610. The van der Waals surface area contributed by atoms with Gasteiger partial charge in [-0.15, -0.1) is 0 Å². The Morgan fingerprint density at radius 1 is 1.22 bits per heavy atom. The maximum absolute atomic E-state index is 15.1. The number of ether oxygens (including phenoxy) is 3. The van der Waals surface area contributed by atoms with Crippen molar-refractivity contribution in [1.82, 2.24) is 24.6 Å². The zero-order valence-electron chi connectivity index (χ0n) is 24.7. The number of aryl methyl sites for hydroxylation is 1. The molecule has 242 valence electrons. The number of hydrogen-bond donors (Lipinski definition) is 1. The summed E-state index contributed by atoms with van der Waals surface area (Å²) in [4.78, 5) is 25.8. The monoisotopic (exact) mass is 653 g/mol. The smallest absolute Gasteiger partial charge is 0.416 e. The highest BCUT2D eigenvalue weighted by molar-refractivity contribution is 6.34. The Morgan fingerprint density at radius 3 is 2.71 bits per heavy atom. The lowest BCUT2D eigenvalue weighted by Crippen LogP contribution is -2.51. The van der Waals surface area contributed by atoms with Gasteiger partial charge in [0, 0.05) is 56.3 Å². The first-order valence-corrected chi connectivity index (χ1v) is 14.9. The molecule has 1 atom stereocenters. The molecule has 0 radical (unpaired) electrons. The predicted octanol–water partition coefficient (Wildman–Crippen LogP) is 4.41. The summed E-state index contributed by atoms with van der Waals surface area (Å²) in [6.07, 6.45) is -5.66. The number of halogens is 5. The molecule has 0 spiro atoms. The molecule has 11 nitrogen and oxygen atoms in total. The normalized spacial score (nSPS) is 18.7. The predicted molar refractivity (Wildman–Crippen MR) is 154 cm³/mol. The standard InChI is InChI=1S/C29H32ClF4N7O4/c1-3-44-13-15-10-40(11-15)27(42)25-23(30)20-12-39(7-4-8-41(20)38-25)26-16-14-45-21(9-19(16)36-28(37-26)43-2)22-17(29(32,33)34)5-6-18(35)24(22)31/h5-6,15,21H,3-4,7-14,35H2,1-2H3. The van der Waals surface area contributed by atoms with Crippen molar-refractivity contribution < 1.29 is 36.6 Å². The van der Waals surface area contributed by atoms with Gasteiger partial charge in [-0.2, -0.15) is 28.2 Å². The summed E-state index contributed by atoms with van der Waals surface area (Å²) < 4.78 is 75.0. The molecule has 6 rings (SSSR count). The summed E-state index contributed by atoms with van der Waals surface area (Å²) in [5.41, 5.74) is 5.11. The first-order valence-electron chi connectivity index (χ1n) is 14.6. The number of nitrogens with two attached hydrogens (primary N) is 1. The van der Waals surface area contributed by atoms with E-state index in [1.807, 2.05) is 11.8 Å². The summed E-state index contributed by atoms with van der Waals surface area (Å²) in [7, 11) is 1.38. The molecule has 2 aromatic heterocycles. The van der Waals surface area contributed by atoms with Crippen molar-refractivity contribution >= 4 is 29.0 Å². The molecule has 2 N–H and O–H groups in total. The van der Waals surface area contributed by atoms with Crippen LogP contribution in [-0.4, -0.2) is 70.5 Å². The number of carbonyl (C=O) groups is 1. The van der Waals surface area contributed by atoms with Crippen LogP contribution in [0.3, 0.4) is 0 Å². The van der Waals surface area contributed by atoms with Crippen LogP contribution >= 0.6 is 11.6 Å². The second kappa shape index (κ2) is 12.2. The van der Waals surface area contributed by atoms with Crippen LogP contribution in [0.2, 0.25) is 5.02 Å². The number of methoxy groups -OCH3 is 1. The number of rotatable bonds is 7. The first-order chi connectivity index (χ1) is 21.5. The van der Waals surface area contributed by atoms with Crippen LogP contribution in [-0.2, 0) is 41.8 Å². The number of hydrogen-bond acceptors (Lipinski definition) is 9. The van der Waals surface area contributed by atoms with E-state index in [1.165, 1.54) is 7.11 Å². The van der Waals surface area contributed by atoms with Gasteiger partial charge in [0.15, 0.2) is 11.5 Å². The van der Waals surface area contributed by atoms with Gasteiger partial charge in [0.1, 0.15) is 5.82 Å². The van der Waals surface area contributed by atoms with Crippen molar-refractivity contribution in [2.45, 2.75) is 51.7 Å². The fourth-order valence-electron chi connectivity index (χ4n) is 6.02. The van der Waals surface area contributed by atoms with Crippen molar-refractivity contribution in [3.05, 3.63) is 56.7 Å². The number of carbonyl (C=O) groups excluding carboxylic acids is 1. The van der Waals surface area contributed by atoms with Crippen molar-refractivity contribution in [1.29, 1.82) is 0 Å². The molecule has 45 heavy (non-hydrogen) atoms. The van der Waals surface area contributed by atoms with Crippen molar-refractivity contribution in [3.63, 3.8) is 0 Å². The Morgan fingerprint density at radius 2 is 2.00 bits per heavy atom. The molecule has 1 unspecified atom stereocenters. The highest BCUT2D eigenvalue weighted by Crippen LogP contribution is 2.43. The number of likely N-dealkylation sites (tertiary alicyclic amines) is 1. The van der Waals surface area contributed by atoms with Crippen LogP contribution < -0.4 is 15.4 Å². The van der Waals surface area contributed by atoms with Gasteiger partial charge in [-0.1, -0.05) is 11.6 Å². The van der Waals surface area contributed by atoms with Crippen LogP contribution in [0.5, 0.6) is 6.01 Å². The van der Waals surface area contributed by atoms with E-state index in [0.29, 0.717) is 68.6 Å². The van der Waals surface area contributed by atoms with E-state index >= 15 is 4.39 Å². The van der Waals surface area contributed by atoms with E-state index in [9.17, 15) is 18.0 Å². The Kier molecular flexibility index (Phi) is 8.52. The van der Waals surface area contributed by atoms with E-state index in [4.69, 9.17) is 31.5 Å². The zero-order chi connectivity index (χ0) is 32.0. The number of benzene rings is 1. The number of aromatic nitrogens is 4. The molecule has 1 fully saturated rings. The van der Waals surface area contributed by atoms with Gasteiger partial charge in [0.25, 0.3) is 5.91 Å². The third kappa shape index (κ3) is 5.88. The lowest BCUT2D eigenvalue weighted by Gasteiger charge is -2.38. The maximum atomic E-state index is 15.1. The van der Waals surface area contributed by atoms with Gasteiger partial charge in [0.05, 0.1) is 60.6 Å². The molecule has 1 aromatic carbocycles. The van der Waals surface area contributed by atoms with E-state index in [0.717, 1.165) is 12.1 Å². The Balaban J connectivity index is 1.28. The first kappa shape index (κ1) is 31.3. The summed E-state index contributed by atoms with van der Waals surface area (Å²) in [6, 6.07) is 1.63. The van der Waals surface area contributed by atoms with Gasteiger partial charge >= 0.3 is 12.2 Å². The third-order valence-electron chi connectivity index (χ3n) is 8.31. The molecule has 3 aliphatic heterocycles. The summed E-state index contributed by atoms with van der Waals surface area (Å²) >= 11 is 6.77. The van der Waals surface area contributed by atoms with Gasteiger partial charge in [-0.25, -0.2) is 4.39 Å². The number of anilines is 2. The second-order valence-electron chi connectivity index (χ2n) is 11.2. The van der Waals surface area contributed by atoms with Crippen molar-refractivity contribution in [3.8, 4) is 6.01 Å². The molecule has 3 aliphatic rings. The minimum absolute atomic E-state index is 0.00685. The van der Waals surface area contributed by atoms with Crippen molar-refractivity contribution in [2.24, 2.45) is 5.92 Å². The number of nitrogens with zero attached hydrogens (tertiary/aromatic N) is 6. The van der Waals surface area contributed by atoms with E-state index in [2.05, 4.69) is 15.1 Å². The largest absolute Gasteiger partial charge is 0.467 e. The highest BCUT2D eigenvalue weighted by atomic mass is 35.5. The van der Waals surface area contributed by atoms with Crippen LogP contribution in [0.4, 0.5) is 29.1 Å². The van der Waals surface area contributed by atoms with Gasteiger partial charge in [0.2, 0.25) is 0 Å². The minimum atomic E-state index is -4.82. The number of fused-ring (bicyclic) bond motifs is 2. The van der Waals surface area contributed by atoms with Crippen LogP contribution in [0.1, 0.15) is 58.0 Å². The molecule has 16 heteroatoms. The average molecular weight is 654 g/mol. The Labute approximate surface area is 261 Å². The SMILES string of the molecule is CCOCC1CN(C(=O)c2nn3c(c2Cl)CN(c2nc(OC)nc4c2COC(c2c(C(F)(F)F)ccc(N)c2F)C4)CCC3)C1. The number of amides is 1. The van der Waals surface area contributed by atoms with Gasteiger partial charge in [-0.05, 0) is 25.5 Å². The van der Waals surface area contributed by atoms with E-state index in [-0.39, 0.29) is 48.1 Å². The van der Waals surface area contributed by atoms with E-state index < -0.39 is 34.9 Å². The summed E-state index contributed by atoms with van der Waals surface area (Å²) in [5, 5.41) is 4.81. The lowest BCUT2D eigenvalue weighted by atomic mass is 9.94. The number of nitrogen functional groups attached to an aromatic ring is 1. The fourth-order valence-corrected chi connectivity index (χ4v) is 6.29. The van der Waals surface area contributed by atoms with Gasteiger partial charge in [-0.3, -0.25) is 9.48 Å². The molecule has 0 bridgehead atoms. The quantitative estimate of drug-likeness (QED) is 0.292. The third-order valence-corrected chi connectivity index (χ3v) is 8.71. The average Bonchev–Trinajstić information content (AvgIpc) is 3.15. The molecular formula is C29H32ClF4N7O4. The molecule has 1 amide bonds. The lowest BCUT2D eigenvalue weighted by molar-refractivity contribution is -0.140. The molecular weight excluding hydrogens is 622 g/mol. The van der Waals surface area contributed by atoms with Crippen LogP contribution in [0.15, 0.2) is 12.1 Å². The fraction of sp³-hybridized carbons (Fsp3) is 0.517. The number of alkyl halides is 3. The molecule has 1 saturated heterocycles. The van der Waals surface area contributed by atoms with E-state index in [1.54, 1.807) is 9.58 Å². The Hall–Kier alpha value is -3.69. The molecule has 0 aliphatic carbocycles. The zero-order valence-corrected chi connectivity index (χ0v) is 25.4. The van der Waals surface area contributed by atoms with Gasteiger partial charge < -0.3 is 29.7 Å². The topological polar surface area (TPSA) is 121 Å². The van der Waals surface area contributed by atoms with Crippen molar-refractivity contribution in [2.75, 3.05) is 50.6 Å². The summed E-state index contributed by atoms with van der Waals surface area (Å²) in [5.74, 6) is -0.699. The summed E-state index contributed by atoms with van der Waals surface area (Å²) in [6.45, 7) is 5.36. The second-order valence-corrected chi connectivity index (χ2v) is 11.6. The maximum Gasteiger partial charge on any atom is 0.416 e. The minimum Gasteiger partial charge on any atom is -0.467 e. The molecule has 0 saturated carbocycles. The van der Waals surface area contributed by atoms with Crippen LogP contribution in [0, 0.1) is 11.7 Å². The molecule has 3 aromatic rings. The molecule has 5 heterocycles. The highest BCUT2D eigenvalue weighted by Gasteiger charge is 2.40.